The Morgan fingerprint density at radius 1 is 1.24 bits per heavy atom. The molecule has 0 N–H and O–H groups in total. The van der Waals surface area contributed by atoms with Crippen molar-refractivity contribution in [2.24, 2.45) is 0 Å². The van der Waals surface area contributed by atoms with Crippen molar-refractivity contribution in [2.75, 3.05) is 6.61 Å². The molecular formula is C14H24O3. The molecule has 1 spiro atoms. The summed E-state index contributed by atoms with van der Waals surface area (Å²) >= 11 is 0. The summed E-state index contributed by atoms with van der Waals surface area (Å²) in [5.74, 6) is -0.143. The predicted octanol–water partition coefficient (Wildman–Crippen LogP) is 3.21. The fourth-order valence-electron chi connectivity index (χ4n) is 2.95. The maximum absolute atomic E-state index is 12.0. The van der Waals surface area contributed by atoms with Gasteiger partial charge in [0.05, 0.1) is 6.61 Å². The van der Waals surface area contributed by atoms with Crippen LogP contribution in [0.25, 0.3) is 0 Å². The fraction of sp³-hybridized carbons (Fsp3) is 0.929. The van der Waals surface area contributed by atoms with Gasteiger partial charge in [-0.3, -0.25) is 0 Å². The van der Waals surface area contributed by atoms with Crippen LogP contribution in [0.3, 0.4) is 0 Å². The van der Waals surface area contributed by atoms with Gasteiger partial charge in [-0.05, 0) is 26.2 Å². The molecule has 0 amide bonds. The van der Waals surface area contributed by atoms with Crippen molar-refractivity contribution >= 4 is 5.97 Å². The van der Waals surface area contributed by atoms with E-state index in [4.69, 9.17) is 9.47 Å². The molecule has 2 fully saturated rings. The van der Waals surface area contributed by atoms with Crippen molar-refractivity contribution in [3.8, 4) is 0 Å². The largest absolute Gasteiger partial charge is 0.463 e. The third kappa shape index (κ3) is 2.35. The van der Waals surface area contributed by atoms with Gasteiger partial charge in [0.15, 0.2) is 5.60 Å². The Morgan fingerprint density at radius 3 is 2.59 bits per heavy atom. The smallest absolute Gasteiger partial charge is 0.341 e. The first-order valence-electron chi connectivity index (χ1n) is 7.02. The van der Waals surface area contributed by atoms with Crippen LogP contribution in [0.2, 0.25) is 0 Å². The van der Waals surface area contributed by atoms with Gasteiger partial charge in [-0.25, -0.2) is 4.79 Å². The van der Waals surface area contributed by atoms with E-state index >= 15 is 0 Å². The summed E-state index contributed by atoms with van der Waals surface area (Å²) in [5.41, 5.74) is -0.790. The quantitative estimate of drug-likeness (QED) is 0.406. The van der Waals surface area contributed by atoms with E-state index < -0.39 is 5.60 Å². The summed E-state index contributed by atoms with van der Waals surface area (Å²) in [6.07, 6.45) is 8.95. The summed E-state index contributed by atoms with van der Waals surface area (Å²) in [5, 5.41) is 0. The van der Waals surface area contributed by atoms with Crippen molar-refractivity contribution in [3.63, 3.8) is 0 Å². The Hall–Kier alpha value is -0.570. The van der Waals surface area contributed by atoms with Crippen LogP contribution in [-0.4, -0.2) is 23.8 Å². The van der Waals surface area contributed by atoms with Gasteiger partial charge in [0, 0.05) is 0 Å². The third-order valence-corrected chi connectivity index (χ3v) is 4.26. The van der Waals surface area contributed by atoms with Crippen LogP contribution < -0.4 is 0 Å². The van der Waals surface area contributed by atoms with E-state index in [-0.39, 0.29) is 11.6 Å². The Labute approximate surface area is 104 Å². The average Bonchev–Trinajstić information content (AvgIpc) is 2.70. The van der Waals surface area contributed by atoms with Crippen molar-refractivity contribution in [1.82, 2.24) is 0 Å². The zero-order chi connectivity index (χ0) is 12.4. The lowest BCUT2D eigenvalue weighted by Gasteiger charge is -2.11. The number of hydrogen-bond donors (Lipinski definition) is 0. The van der Waals surface area contributed by atoms with Gasteiger partial charge in [-0.15, -0.1) is 0 Å². The molecule has 0 aromatic carbocycles. The minimum atomic E-state index is -0.631. The summed E-state index contributed by atoms with van der Waals surface area (Å²) < 4.78 is 11.1. The molecule has 1 saturated carbocycles. The van der Waals surface area contributed by atoms with Gasteiger partial charge in [0.25, 0.3) is 0 Å². The van der Waals surface area contributed by atoms with E-state index in [0.717, 1.165) is 25.7 Å². The number of rotatable bonds is 6. The highest BCUT2D eigenvalue weighted by molar-refractivity contribution is 5.84. The molecule has 17 heavy (non-hydrogen) atoms. The molecule has 2 rings (SSSR count). The zero-order valence-corrected chi connectivity index (χ0v) is 11.1. The zero-order valence-electron chi connectivity index (χ0n) is 11.1. The van der Waals surface area contributed by atoms with Gasteiger partial charge in [0.2, 0.25) is 0 Å². The second-order valence-electron chi connectivity index (χ2n) is 5.53. The molecular weight excluding hydrogens is 216 g/mol. The van der Waals surface area contributed by atoms with Crippen LogP contribution in [0.4, 0.5) is 0 Å². The molecule has 0 aromatic heterocycles. The number of unbranched alkanes of at least 4 members (excludes halogenated alkanes) is 3. The standard InChI is InChI=1S/C14H24O3/c1-3-4-5-8-11-16-12(15)13(2)14(17-13)9-6-7-10-14/h3-11H2,1-2H3. The first-order chi connectivity index (χ1) is 8.15. The molecule has 1 atom stereocenters. The number of hydrogen-bond acceptors (Lipinski definition) is 3. The summed E-state index contributed by atoms with van der Waals surface area (Å²) in [4.78, 5) is 12.0. The van der Waals surface area contributed by atoms with E-state index in [9.17, 15) is 4.79 Å². The van der Waals surface area contributed by atoms with Crippen LogP contribution in [0, 0.1) is 0 Å². The van der Waals surface area contributed by atoms with E-state index in [0.29, 0.717) is 6.61 Å². The van der Waals surface area contributed by atoms with Crippen molar-refractivity contribution in [3.05, 3.63) is 0 Å². The second kappa shape index (κ2) is 4.97. The number of esters is 1. The minimum Gasteiger partial charge on any atom is -0.463 e. The summed E-state index contributed by atoms with van der Waals surface area (Å²) in [6, 6.07) is 0. The highest BCUT2D eigenvalue weighted by atomic mass is 16.7. The normalized spacial score (nSPS) is 29.5. The van der Waals surface area contributed by atoms with E-state index in [1.54, 1.807) is 0 Å². The third-order valence-electron chi connectivity index (χ3n) is 4.26. The van der Waals surface area contributed by atoms with Crippen molar-refractivity contribution < 1.29 is 14.3 Å². The molecule has 0 radical (unpaired) electrons. The Morgan fingerprint density at radius 2 is 1.94 bits per heavy atom. The molecule has 1 aliphatic carbocycles. The number of carbonyl (C=O) groups is 1. The molecule has 1 saturated heterocycles. The van der Waals surface area contributed by atoms with Crippen LogP contribution in [0.1, 0.15) is 65.2 Å². The lowest BCUT2D eigenvalue weighted by Crippen LogP contribution is -2.31. The highest BCUT2D eigenvalue weighted by Gasteiger charge is 2.72. The maximum Gasteiger partial charge on any atom is 0.341 e. The molecule has 0 aromatic rings. The maximum atomic E-state index is 12.0. The fourth-order valence-corrected chi connectivity index (χ4v) is 2.95. The first kappa shape index (κ1) is 12.9. The lowest BCUT2D eigenvalue weighted by molar-refractivity contribution is -0.149. The molecule has 3 heteroatoms. The van der Waals surface area contributed by atoms with Crippen LogP contribution in [0.15, 0.2) is 0 Å². The van der Waals surface area contributed by atoms with Gasteiger partial charge in [-0.1, -0.05) is 39.0 Å². The summed E-state index contributed by atoms with van der Waals surface area (Å²) in [6.45, 7) is 4.62. The highest BCUT2D eigenvalue weighted by Crippen LogP contribution is 2.58. The number of ether oxygens (including phenoxy) is 2. The lowest BCUT2D eigenvalue weighted by atomic mass is 9.93. The SMILES string of the molecule is CCCCCCOC(=O)C1(C)OC12CCCC2. The molecule has 1 unspecified atom stereocenters. The topological polar surface area (TPSA) is 38.8 Å². The second-order valence-corrected chi connectivity index (χ2v) is 5.53. The summed E-state index contributed by atoms with van der Waals surface area (Å²) in [7, 11) is 0. The molecule has 2 aliphatic rings. The Bertz CT molecular complexity index is 281. The van der Waals surface area contributed by atoms with Gasteiger partial charge in [-0.2, -0.15) is 0 Å². The van der Waals surface area contributed by atoms with Crippen LogP contribution in [0.5, 0.6) is 0 Å². The Balaban J connectivity index is 1.70. The minimum absolute atomic E-state index is 0.143. The Kier molecular flexibility index (Phi) is 3.76. The van der Waals surface area contributed by atoms with Gasteiger partial charge in [0.1, 0.15) is 5.60 Å². The molecule has 0 bridgehead atoms. The molecule has 98 valence electrons. The van der Waals surface area contributed by atoms with Gasteiger partial charge < -0.3 is 9.47 Å². The molecule has 1 aliphatic heterocycles. The first-order valence-corrected chi connectivity index (χ1v) is 7.02. The van der Waals surface area contributed by atoms with Crippen LogP contribution >= 0.6 is 0 Å². The van der Waals surface area contributed by atoms with Crippen LogP contribution in [-0.2, 0) is 14.3 Å². The number of epoxide rings is 1. The monoisotopic (exact) mass is 240 g/mol. The molecule has 1 heterocycles. The van der Waals surface area contributed by atoms with E-state index in [2.05, 4.69) is 6.92 Å². The predicted molar refractivity (Wildman–Crippen MR) is 65.8 cm³/mol. The van der Waals surface area contributed by atoms with Crippen molar-refractivity contribution in [2.45, 2.75) is 76.4 Å². The average molecular weight is 240 g/mol. The molecule has 3 nitrogen and oxygen atoms in total. The van der Waals surface area contributed by atoms with Crippen molar-refractivity contribution in [1.29, 1.82) is 0 Å². The number of carbonyl (C=O) groups excluding carboxylic acids is 1. The van der Waals surface area contributed by atoms with Gasteiger partial charge >= 0.3 is 5.97 Å². The van der Waals surface area contributed by atoms with E-state index in [1.165, 1.54) is 25.7 Å². The van der Waals surface area contributed by atoms with E-state index in [1.807, 2.05) is 6.92 Å².